The van der Waals surface area contributed by atoms with Crippen LogP contribution in [0.4, 0.5) is 0 Å². The molecule has 1 rings (SSSR count). The summed E-state index contributed by atoms with van der Waals surface area (Å²) in [5, 5.41) is 6.30. The SMILES string of the molecule is CCC(C)NC(=O)COc1c(Cl)cc(CNC)cc1OC. The predicted octanol–water partition coefficient (Wildman–Crippen LogP) is 2.36. The topological polar surface area (TPSA) is 59.6 Å². The number of nitrogens with one attached hydrogen (secondary N) is 2. The molecular formula is C15H23ClN2O3. The second-order valence-electron chi connectivity index (χ2n) is 4.80. The number of methoxy groups -OCH3 is 1. The van der Waals surface area contributed by atoms with E-state index in [0.29, 0.717) is 23.1 Å². The number of rotatable bonds is 8. The summed E-state index contributed by atoms with van der Waals surface area (Å²) >= 11 is 6.20. The van der Waals surface area contributed by atoms with Gasteiger partial charge in [-0.15, -0.1) is 0 Å². The molecule has 21 heavy (non-hydrogen) atoms. The normalized spacial score (nSPS) is 11.9. The fourth-order valence-corrected chi connectivity index (χ4v) is 2.06. The highest BCUT2D eigenvalue weighted by atomic mass is 35.5. The van der Waals surface area contributed by atoms with Gasteiger partial charge >= 0.3 is 0 Å². The van der Waals surface area contributed by atoms with Gasteiger partial charge in [-0.1, -0.05) is 18.5 Å². The van der Waals surface area contributed by atoms with Crippen molar-refractivity contribution in [2.45, 2.75) is 32.9 Å². The number of hydrogen-bond donors (Lipinski definition) is 2. The van der Waals surface area contributed by atoms with E-state index in [0.717, 1.165) is 12.0 Å². The van der Waals surface area contributed by atoms with Crippen molar-refractivity contribution in [2.75, 3.05) is 20.8 Å². The molecule has 0 radical (unpaired) electrons. The van der Waals surface area contributed by atoms with Crippen molar-refractivity contribution in [3.05, 3.63) is 22.7 Å². The molecule has 0 saturated carbocycles. The third-order valence-corrected chi connectivity index (χ3v) is 3.32. The highest BCUT2D eigenvalue weighted by Gasteiger charge is 2.14. The molecule has 6 heteroatoms. The Morgan fingerprint density at radius 1 is 1.43 bits per heavy atom. The Bertz CT molecular complexity index is 480. The molecule has 0 aliphatic rings. The van der Waals surface area contributed by atoms with Crippen LogP contribution in [-0.4, -0.2) is 32.7 Å². The number of amides is 1. The van der Waals surface area contributed by atoms with E-state index >= 15 is 0 Å². The molecular weight excluding hydrogens is 292 g/mol. The summed E-state index contributed by atoms with van der Waals surface area (Å²) in [7, 11) is 3.39. The van der Waals surface area contributed by atoms with Crippen LogP contribution in [0.15, 0.2) is 12.1 Å². The summed E-state index contributed by atoms with van der Waals surface area (Å²) in [5.41, 5.74) is 0.982. The van der Waals surface area contributed by atoms with Gasteiger partial charge in [0.25, 0.3) is 5.91 Å². The van der Waals surface area contributed by atoms with Gasteiger partial charge in [0, 0.05) is 12.6 Å². The Morgan fingerprint density at radius 2 is 2.14 bits per heavy atom. The molecule has 5 nitrogen and oxygen atoms in total. The van der Waals surface area contributed by atoms with Crippen molar-refractivity contribution >= 4 is 17.5 Å². The third-order valence-electron chi connectivity index (χ3n) is 3.04. The van der Waals surface area contributed by atoms with E-state index in [1.807, 2.05) is 27.0 Å². The monoisotopic (exact) mass is 314 g/mol. The van der Waals surface area contributed by atoms with Crippen LogP contribution in [0.2, 0.25) is 5.02 Å². The van der Waals surface area contributed by atoms with E-state index < -0.39 is 0 Å². The minimum atomic E-state index is -0.179. The number of carbonyl (C=O) groups is 1. The average molecular weight is 315 g/mol. The Kier molecular flexibility index (Phi) is 7.32. The van der Waals surface area contributed by atoms with Crippen LogP contribution < -0.4 is 20.1 Å². The largest absolute Gasteiger partial charge is 0.493 e. The quantitative estimate of drug-likeness (QED) is 0.773. The van der Waals surface area contributed by atoms with Gasteiger partial charge in [-0.05, 0) is 38.1 Å². The molecule has 0 bridgehead atoms. The van der Waals surface area contributed by atoms with Gasteiger partial charge in [0.15, 0.2) is 18.1 Å². The van der Waals surface area contributed by atoms with E-state index in [1.165, 1.54) is 0 Å². The first-order valence-corrected chi connectivity index (χ1v) is 7.32. The lowest BCUT2D eigenvalue weighted by Crippen LogP contribution is -2.35. The van der Waals surface area contributed by atoms with E-state index in [9.17, 15) is 4.79 Å². The van der Waals surface area contributed by atoms with Crippen molar-refractivity contribution in [2.24, 2.45) is 0 Å². The highest BCUT2D eigenvalue weighted by molar-refractivity contribution is 6.32. The van der Waals surface area contributed by atoms with Crippen LogP contribution in [-0.2, 0) is 11.3 Å². The Labute approximate surface area is 131 Å². The van der Waals surface area contributed by atoms with Crippen molar-refractivity contribution in [3.8, 4) is 11.5 Å². The summed E-state index contributed by atoms with van der Waals surface area (Å²) in [6, 6.07) is 3.75. The summed E-state index contributed by atoms with van der Waals surface area (Å²) in [5.74, 6) is 0.726. The van der Waals surface area contributed by atoms with E-state index in [1.54, 1.807) is 13.2 Å². The van der Waals surface area contributed by atoms with Gasteiger partial charge in [-0.2, -0.15) is 0 Å². The van der Waals surface area contributed by atoms with Crippen LogP contribution in [0, 0.1) is 0 Å². The summed E-state index contributed by atoms with van der Waals surface area (Å²) in [6.07, 6.45) is 0.870. The molecule has 0 fully saturated rings. The molecule has 1 unspecified atom stereocenters. The van der Waals surface area contributed by atoms with Gasteiger partial charge in [0.05, 0.1) is 12.1 Å². The molecule has 1 aromatic carbocycles. The molecule has 2 N–H and O–H groups in total. The van der Waals surface area contributed by atoms with Crippen molar-refractivity contribution in [1.29, 1.82) is 0 Å². The molecule has 1 aromatic rings. The van der Waals surface area contributed by atoms with Crippen molar-refractivity contribution < 1.29 is 14.3 Å². The molecule has 0 aliphatic heterocycles. The van der Waals surface area contributed by atoms with Crippen LogP contribution >= 0.6 is 11.6 Å². The van der Waals surface area contributed by atoms with Gasteiger partial charge < -0.3 is 20.1 Å². The maximum Gasteiger partial charge on any atom is 0.258 e. The lowest BCUT2D eigenvalue weighted by Gasteiger charge is -2.15. The Hall–Kier alpha value is -1.46. The second-order valence-corrected chi connectivity index (χ2v) is 5.21. The zero-order valence-electron chi connectivity index (χ0n) is 13.0. The van der Waals surface area contributed by atoms with Crippen molar-refractivity contribution in [3.63, 3.8) is 0 Å². The summed E-state index contributed by atoms with van der Waals surface area (Å²) in [4.78, 5) is 11.7. The fourth-order valence-electron chi connectivity index (χ4n) is 1.78. The maximum absolute atomic E-state index is 11.7. The smallest absolute Gasteiger partial charge is 0.258 e. The standard InChI is InChI=1S/C15H23ClN2O3/c1-5-10(2)18-14(19)9-21-15-12(16)6-11(8-17-3)7-13(15)20-4/h6-7,10,17H,5,8-9H2,1-4H3,(H,18,19). The molecule has 0 spiro atoms. The number of hydrogen-bond acceptors (Lipinski definition) is 4. The third kappa shape index (κ3) is 5.44. The van der Waals surface area contributed by atoms with Crippen molar-refractivity contribution in [1.82, 2.24) is 10.6 Å². The molecule has 0 saturated heterocycles. The second kappa shape index (κ2) is 8.74. The number of ether oxygens (including phenoxy) is 2. The summed E-state index contributed by atoms with van der Waals surface area (Å²) < 4.78 is 10.8. The number of carbonyl (C=O) groups excluding carboxylic acids is 1. The minimum absolute atomic E-state index is 0.0915. The molecule has 0 heterocycles. The maximum atomic E-state index is 11.7. The lowest BCUT2D eigenvalue weighted by molar-refractivity contribution is -0.123. The van der Waals surface area contributed by atoms with E-state index in [4.69, 9.17) is 21.1 Å². The van der Waals surface area contributed by atoms with Crippen LogP contribution in [0.25, 0.3) is 0 Å². The Morgan fingerprint density at radius 3 is 2.71 bits per heavy atom. The first-order valence-electron chi connectivity index (χ1n) is 6.95. The van der Waals surface area contributed by atoms with E-state index in [-0.39, 0.29) is 18.6 Å². The molecule has 0 aliphatic carbocycles. The highest BCUT2D eigenvalue weighted by Crippen LogP contribution is 2.36. The van der Waals surface area contributed by atoms with Crippen LogP contribution in [0.1, 0.15) is 25.8 Å². The minimum Gasteiger partial charge on any atom is -0.493 e. The molecule has 1 amide bonds. The van der Waals surface area contributed by atoms with Gasteiger partial charge in [-0.25, -0.2) is 0 Å². The first-order chi connectivity index (χ1) is 10.0. The zero-order chi connectivity index (χ0) is 15.8. The molecule has 118 valence electrons. The van der Waals surface area contributed by atoms with Gasteiger partial charge in [0.1, 0.15) is 0 Å². The van der Waals surface area contributed by atoms with Gasteiger partial charge in [-0.3, -0.25) is 4.79 Å². The first kappa shape index (κ1) is 17.6. The van der Waals surface area contributed by atoms with Crippen LogP contribution in [0.5, 0.6) is 11.5 Å². The van der Waals surface area contributed by atoms with E-state index in [2.05, 4.69) is 10.6 Å². The predicted molar refractivity (Wildman–Crippen MR) is 84.2 cm³/mol. The summed E-state index contributed by atoms with van der Waals surface area (Å²) in [6.45, 7) is 4.53. The fraction of sp³-hybridized carbons (Fsp3) is 0.533. The number of benzene rings is 1. The lowest BCUT2D eigenvalue weighted by atomic mass is 10.2. The molecule has 1 atom stereocenters. The average Bonchev–Trinajstić information content (AvgIpc) is 2.45. The zero-order valence-corrected chi connectivity index (χ0v) is 13.7. The molecule has 0 aromatic heterocycles. The Balaban J connectivity index is 2.76. The van der Waals surface area contributed by atoms with Crippen LogP contribution in [0.3, 0.4) is 0 Å². The number of halogens is 1. The van der Waals surface area contributed by atoms with Gasteiger partial charge in [0.2, 0.25) is 0 Å².